The van der Waals surface area contributed by atoms with Crippen LogP contribution in [0.25, 0.3) is 0 Å². The minimum absolute atomic E-state index is 0.00621. The Labute approximate surface area is 131 Å². The molecular formula is C17H24N2O3. The van der Waals surface area contributed by atoms with E-state index in [0.717, 1.165) is 0 Å². The van der Waals surface area contributed by atoms with Crippen LogP contribution in [0, 0.1) is 0 Å². The lowest BCUT2D eigenvalue weighted by molar-refractivity contribution is -0.124. The molecule has 120 valence electrons. The van der Waals surface area contributed by atoms with Crippen LogP contribution >= 0.6 is 0 Å². The standard InChI is InChI=1S/C17H24N2O3/c1-12(2)14-5-7-15(8-6-14)17(22)19-11-10-18-16(21)9-4-13(3)20/h5-8,12H,4,9-11H2,1-3H3,(H,18,21)(H,19,22). The van der Waals surface area contributed by atoms with E-state index in [-0.39, 0.29) is 30.4 Å². The smallest absolute Gasteiger partial charge is 0.251 e. The lowest BCUT2D eigenvalue weighted by atomic mass is 10.0. The molecule has 0 aromatic heterocycles. The van der Waals surface area contributed by atoms with E-state index in [1.54, 1.807) is 12.1 Å². The van der Waals surface area contributed by atoms with Gasteiger partial charge in [-0.15, -0.1) is 0 Å². The van der Waals surface area contributed by atoms with Crippen molar-refractivity contribution in [2.75, 3.05) is 13.1 Å². The predicted molar refractivity (Wildman–Crippen MR) is 85.8 cm³/mol. The Bertz CT molecular complexity index is 521. The summed E-state index contributed by atoms with van der Waals surface area (Å²) in [6, 6.07) is 7.50. The van der Waals surface area contributed by atoms with Crippen molar-refractivity contribution in [1.82, 2.24) is 10.6 Å². The third kappa shape index (κ3) is 6.52. The average Bonchev–Trinajstić information content (AvgIpc) is 2.49. The Morgan fingerprint density at radius 3 is 2.09 bits per heavy atom. The number of hydrogen-bond acceptors (Lipinski definition) is 3. The molecular weight excluding hydrogens is 280 g/mol. The number of Topliss-reactive ketones (excluding diaryl/α,β-unsaturated/α-hetero) is 1. The Morgan fingerprint density at radius 2 is 1.55 bits per heavy atom. The van der Waals surface area contributed by atoms with E-state index in [4.69, 9.17) is 0 Å². The lowest BCUT2D eigenvalue weighted by Gasteiger charge is -2.08. The van der Waals surface area contributed by atoms with Gasteiger partial charge in [-0.1, -0.05) is 26.0 Å². The lowest BCUT2D eigenvalue weighted by Crippen LogP contribution is -2.34. The number of ketones is 1. The molecule has 0 atom stereocenters. The summed E-state index contributed by atoms with van der Waals surface area (Å²) >= 11 is 0. The molecule has 0 aliphatic rings. The van der Waals surface area contributed by atoms with Crippen LogP contribution in [0.15, 0.2) is 24.3 Å². The van der Waals surface area contributed by atoms with Crippen molar-refractivity contribution in [3.8, 4) is 0 Å². The van der Waals surface area contributed by atoms with Crippen LogP contribution in [0.1, 0.15) is 55.5 Å². The number of carbonyl (C=O) groups is 3. The van der Waals surface area contributed by atoms with Gasteiger partial charge in [0.25, 0.3) is 5.91 Å². The second kappa shape index (κ2) is 8.97. The summed E-state index contributed by atoms with van der Waals surface area (Å²) < 4.78 is 0. The molecule has 0 aliphatic heterocycles. The average molecular weight is 304 g/mol. The highest BCUT2D eigenvalue weighted by Crippen LogP contribution is 2.14. The molecule has 0 heterocycles. The number of hydrogen-bond donors (Lipinski definition) is 2. The molecule has 0 aliphatic carbocycles. The number of carbonyl (C=O) groups excluding carboxylic acids is 3. The summed E-state index contributed by atoms with van der Waals surface area (Å²) in [6.07, 6.45) is 0.445. The second-order valence-electron chi connectivity index (χ2n) is 5.58. The third-order valence-corrected chi connectivity index (χ3v) is 3.28. The fraction of sp³-hybridized carbons (Fsp3) is 0.471. The highest BCUT2D eigenvalue weighted by atomic mass is 16.2. The van der Waals surface area contributed by atoms with Crippen molar-refractivity contribution in [2.45, 2.75) is 39.5 Å². The van der Waals surface area contributed by atoms with Crippen molar-refractivity contribution in [3.63, 3.8) is 0 Å². The zero-order chi connectivity index (χ0) is 16.5. The van der Waals surface area contributed by atoms with Gasteiger partial charge in [0.2, 0.25) is 5.91 Å². The van der Waals surface area contributed by atoms with Crippen molar-refractivity contribution in [2.24, 2.45) is 0 Å². The highest BCUT2D eigenvalue weighted by molar-refractivity contribution is 5.94. The quantitative estimate of drug-likeness (QED) is 0.722. The van der Waals surface area contributed by atoms with Crippen molar-refractivity contribution in [1.29, 1.82) is 0 Å². The Morgan fingerprint density at radius 1 is 0.955 bits per heavy atom. The van der Waals surface area contributed by atoms with Gasteiger partial charge in [0.05, 0.1) is 0 Å². The molecule has 5 nitrogen and oxygen atoms in total. The second-order valence-corrected chi connectivity index (χ2v) is 5.58. The first-order chi connectivity index (χ1) is 10.4. The molecule has 1 aromatic carbocycles. The molecule has 2 amide bonds. The zero-order valence-electron chi connectivity index (χ0n) is 13.4. The van der Waals surface area contributed by atoms with Gasteiger partial charge in [-0.3, -0.25) is 9.59 Å². The van der Waals surface area contributed by atoms with E-state index in [2.05, 4.69) is 24.5 Å². The molecule has 5 heteroatoms. The molecule has 0 radical (unpaired) electrons. The number of rotatable bonds is 8. The van der Waals surface area contributed by atoms with Crippen LogP contribution < -0.4 is 10.6 Å². The van der Waals surface area contributed by atoms with Crippen LogP contribution in [-0.4, -0.2) is 30.7 Å². The molecule has 0 unspecified atom stereocenters. The van der Waals surface area contributed by atoms with Crippen molar-refractivity contribution >= 4 is 17.6 Å². The number of benzene rings is 1. The molecule has 22 heavy (non-hydrogen) atoms. The van der Waals surface area contributed by atoms with Crippen LogP contribution in [0.5, 0.6) is 0 Å². The fourth-order valence-corrected chi connectivity index (χ4v) is 1.88. The van der Waals surface area contributed by atoms with E-state index in [1.807, 2.05) is 12.1 Å². The Kier molecular flexibility index (Phi) is 7.29. The summed E-state index contributed by atoms with van der Waals surface area (Å²) in [5.74, 6) is 0.0923. The van der Waals surface area contributed by atoms with Crippen LogP contribution in [0.4, 0.5) is 0 Å². The van der Waals surface area contributed by atoms with Crippen LogP contribution in [-0.2, 0) is 9.59 Å². The van der Waals surface area contributed by atoms with Gasteiger partial charge in [-0.05, 0) is 30.5 Å². The summed E-state index contributed by atoms with van der Waals surface area (Å²) in [6.45, 7) is 6.37. The summed E-state index contributed by atoms with van der Waals surface area (Å²) in [5, 5.41) is 5.41. The Hall–Kier alpha value is -2.17. The SMILES string of the molecule is CC(=O)CCC(=O)NCCNC(=O)c1ccc(C(C)C)cc1. The first-order valence-electron chi connectivity index (χ1n) is 7.54. The van der Waals surface area contributed by atoms with Crippen LogP contribution in [0.2, 0.25) is 0 Å². The molecule has 0 saturated heterocycles. The molecule has 0 fully saturated rings. The van der Waals surface area contributed by atoms with Gasteiger partial charge in [-0.25, -0.2) is 0 Å². The maximum atomic E-state index is 11.9. The molecule has 1 rings (SSSR count). The fourth-order valence-electron chi connectivity index (χ4n) is 1.88. The Balaban J connectivity index is 2.28. The molecule has 1 aromatic rings. The third-order valence-electron chi connectivity index (χ3n) is 3.28. The van der Waals surface area contributed by atoms with E-state index in [0.29, 0.717) is 24.6 Å². The maximum absolute atomic E-state index is 11.9. The maximum Gasteiger partial charge on any atom is 0.251 e. The van der Waals surface area contributed by atoms with Gasteiger partial charge < -0.3 is 15.4 Å². The minimum atomic E-state index is -0.175. The molecule has 2 N–H and O–H groups in total. The van der Waals surface area contributed by atoms with Gasteiger partial charge in [0.1, 0.15) is 5.78 Å². The summed E-state index contributed by atoms with van der Waals surface area (Å²) in [4.78, 5) is 34.1. The van der Waals surface area contributed by atoms with Crippen molar-refractivity contribution in [3.05, 3.63) is 35.4 Å². The summed E-state index contributed by atoms with van der Waals surface area (Å²) in [5.41, 5.74) is 1.79. The summed E-state index contributed by atoms with van der Waals surface area (Å²) in [7, 11) is 0. The first-order valence-corrected chi connectivity index (χ1v) is 7.54. The van der Waals surface area contributed by atoms with Gasteiger partial charge in [0.15, 0.2) is 0 Å². The van der Waals surface area contributed by atoms with Crippen LogP contribution in [0.3, 0.4) is 0 Å². The highest BCUT2D eigenvalue weighted by Gasteiger charge is 2.07. The monoisotopic (exact) mass is 304 g/mol. The molecule has 0 saturated carbocycles. The topological polar surface area (TPSA) is 75.3 Å². The number of amides is 2. The van der Waals surface area contributed by atoms with E-state index >= 15 is 0 Å². The molecule has 0 bridgehead atoms. The normalized spacial score (nSPS) is 10.4. The largest absolute Gasteiger partial charge is 0.354 e. The predicted octanol–water partition coefficient (Wildman–Crippen LogP) is 2.03. The zero-order valence-corrected chi connectivity index (χ0v) is 13.4. The number of nitrogens with one attached hydrogen (secondary N) is 2. The van der Waals surface area contributed by atoms with E-state index in [9.17, 15) is 14.4 Å². The molecule has 0 spiro atoms. The van der Waals surface area contributed by atoms with Gasteiger partial charge in [-0.2, -0.15) is 0 Å². The van der Waals surface area contributed by atoms with Gasteiger partial charge in [0, 0.05) is 31.5 Å². The van der Waals surface area contributed by atoms with Crippen molar-refractivity contribution < 1.29 is 14.4 Å². The van der Waals surface area contributed by atoms with Gasteiger partial charge >= 0.3 is 0 Å². The van der Waals surface area contributed by atoms with E-state index < -0.39 is 0 Å². The first kappa shape index (κ1) is 17.9. The van der Waals surface area contributed by atoms with E-state index in [1.165, 1.54) is 12.5 Å². The minimum Gasteiger partial charge on any atom is -0.354 e.